The second kappa shape index (κ2) is 8.18. The highest BCUT2D eigenvalue weighted by Gasteiger charge is 2.02. The molecule has 1 rings (SSSR count). The lowest BCUT2D eigenvalue weighted by Gasteiger charge is -2.13. The Balaban J connectivity index is 2.17. The predicted molar refractivity (Wildman–Crippen MR) is 69.3 cm³/mol. The molecule has 0 amide bonds. The fraction of sp³-hybridized carbons (Fsp3) is 0.643. The first-order valence-corrected chi connectivity index (χ1v) is 6.55. The third-order valence-corrected chi connectivity index (χ3v) is 2.91. The van der Waals surface area contributed by atoms with Gasteiger partial charge in [0.1, 0.15) is 5.82 Å². The highest BCUT2D eigenvalue weighted by atomic mass is 19.1. The van der Waals surface area contributed by atoms with Gasteiger partial charge in [0, 0.05) is 18.8 Å². The fourth-order valence-electron chi connectivity index (χ4n) is 1.82. The van der Waals surface area contributed by atoms with Crippen LogP contribution in [-0.4, -0.2) is 11.0 Å². The lowest BCUT2D eigenvalue weighted by Crippen LogP contribution is -2.25. The number of rotatable bonds is 8. The molecule has 0 bridgehead atoms. The molecule has 0 saturated heterocycles. The van der Waals surface area contributed by atoms with Crippen LogP contribution in [-0.2, 0) is 6.54 Å². The van der Waals surface area contributed by atoms with Gasteiger partial charge in [0.25, 0.3) is 0 Å². The van der Waals surface area contributed by atoms with Crippen LogP contribution in [0.5, 0.6) is 0 Å². The van der Waals surface area contributed by atoms with E-state index in [0.717, 1.165) is 5.56 Å². The van der Waals surface area contributed by atoms with Gasteiger partial charge in [-0.25, -0.2) is 4.39 Å². The predicted octanol–water partition coefficient (Wildman–Crippen LogP) is 3.67. The van der Waals surface area contributed by atoms with Crippen LogP contribution in [0.3, 0.4) is 0 Å². The first kappa shape index (κ1) is 14.1. The number of unbranched alkanes of at least 4 members (excludes halogenated alkanes) is 3. The zero-order valence-electron chi connectivity index (χ0n) is 10.9. The number of aromatic nitrogens is 1. The molecule has 0 spiro atoms. The molecule has 1 atom stereocenters. The van der Waals surface area contributed by atoms with Crippen LogP contribution in [0.4, 0.5) is 4.39 Å². The maximum absolute atomic E-state index is 12.9. The molecule has 3 heteroatoms. The number of halogens is 1. The maximum atomic E-state index is 12.9. The molecule has 1 aromatic rings. The number of hydrogen-bond donors (Lipinski definition) is 1. The van der Waals surface area contributed by atoms with Gasteiger partial charge in [0.15, 0.2) is 0 Å². The molecule has 1 N–H and O–H groups in total. The second-order valence-electron chi connectivity index (χ2n) is 4.64. The second-order valence-corrected chi connectivity index (χ2v) is 4.64. The standard InChI is InChI=1S/C14H23FN2/c1-3-4-5-6-7-12(2)17-10-13-8-14(15)11-16-9-13/h8-9,11-12,17H,3-7,10H2,1-2H3. The molecule has 0 saturated carbocycles. The van der Waals surface area contributed by atoms with E-state index in [-0.39, 0.29) is 5.82 Å². The first-order chi connectivity index (χ1) is 8.22. The van der Waals surface area contributed by atoms with E-state index in [1.165, 1.54) is 44.4 Å². The summed E-state index contributed by atoms with van der Waals surface area (Å²) in [5.41, 5.74) is 0.908. The van der Waals surface area contributed by atoms with E-state index in [2.05, 4.69) is 24.1 Å². The molecule has 96 valence electrons. The first-order valence-electron chi connectivity index (χ1n) is 6.55. The Morgan fingerprint density at radius 3 is 2.82 bits per heavy atom. The van der Waals surface area contributed by atoms with E-state index in [1.54, 1.807) is 6.20 Å². The minimum absolute atomic E-state index is 0.264. The van der Waals surface area contributed by atoms with Gasteiger partial charge < -0.3 is 5.32 Å². The van der Waals surface area contributed by atoms with Crippen molar-refractivity contribution in [3.05, 3.63) is 29.8 Å². The van der Waals surface area contributed by atoms with Crippen LogP contribution in [0.25, 0.3) is 0 Å². The van der Waals surface area contributed by atoms with Crippen molar-refractivity contribution in [2.75, 3.05) is 0 Å². The van der Waals surface area contributed by atoms with Gasteiger partial charge in [-0.15, -0.1) is 0 Å². The molecule has 0 fully saturated rings. The topological polar surface area (TPSA) is 24.9 Å². The van der Waals surface area contributed by atoms with E-state index in [0.29, 0.717) is 12.6 Å². The molecule has 1 aromatic heterocycles. The minimum Gasteiger partial charge on any atom is -0.310 e. The molecule has 1 heterocycles. The summed E-state index contributed by atoms with van der Waals surface area (Å²) in [6.07, 6.45) is 9.30. The van der Waals surface area contributed by atoms with Crippen molar-refractivity contribution in [2.24, 2.45) is 0 Å². The molecule has 0 aliphatic heterocycles. The van der Waals surface area contributed by atoms with Crippen molar-refractivity contribution in [1.29, 1.82) is 0 Å². The maximum Gasteiger partial charge on any atom is 0.141 e. The summed E-state index contributed by atoms with van der Waals surface area (Å²) >= 11 is 0. The molecule has 0 aromatic carbocycles. The quantitative estimate of drug-likeness (QED) is 0.699. The van der Waals surface area contributed by atoms with Crippen LogP contribution < -0.4 is 5.32 Å². The molecule has 17 heavy (non-hydrogen) atoms. The summed E-state index contributed by atoms with van der Waals surface area (Å²) in [6, 6.07) is 2.01. The lowest BCUT2D eigenvalue weighted by atomic mass is 10.1. The van der Waals surface area contributed by atoms with Gasteiger partial charge >= 0.3 is 0 Å². The molecule has 0 aliphatic rings. The normalized spacial score (nSPS) is 12.6. The Kier molecular flexibility index (Phi) is 6.78. The molecular weight excluding hydrogens is 215 g/mol. The van der Waals surface area contributed by atoms with Gasteiger partial charge in [-0.1, -0.05) is 32.6 Å². The Hall–Kier alpha value is -0.960. The van der Waals surface area contributed by atoms with Crippen molar-refractivity contribution < 1.29 is 4.39 Å². The van der Waals surface area contributed by atoms with Crippen molar-refractivity contribution >= 4 is 0 Å². The van der Waals surface area contributed by atoms with Crippen molar-refractivity contribution in [2.45, 2.75) is 58.5 Å². The summed E-state index contributed by atoms with van der Waals surface area (Å²) in [7, 11) is 0. The number of nitrogens with zero attached hydrogens (tertiary/aromatic N) is 1. The number of nitrogens with one attached hydrogen (secondary N) is 1. The van der Waals surface area contributed by atoms with Gasteiger partial charge in [0.05, 0.1) is 6.20 Å². The summed E-state index contributed by atoms with van der Waals surface area (Å²) < 4.78 is 12.9. The molecule has 2 nitrogen and oxygen atoms in total. The monoisotopic (exact) mass is 238 g/mol. The van der Waals surface area contributed by atoms with E-state index < -0.39 is 0 Å². The van der Waals surface area contributed by atoms with Gasteiger partial charge in [-0.05, 0) is 25.0 Å². The van der Waals surface area contributed by atoms with E-state index in [9.17, 15) is 4.39 Å². The lowest BCUT2D eigenvalue weighted by molar-refractivity contribution is 0.481. The Morgan fingerprint density at radius 2 is 2.12 bits per heavy atom. The molecular formula is C14H23FN2. The molecule has 0 radical (unpaired) electrons. The zero-order chi connectivity index (χ0) is 12.5. The highest BCUT2D eigenvalue weighted by molar-refractivity contribution is 5.09. The largest absolute Gasteiger partial charge is 0.310 e. The average Bonchev–Trinajstić information content (AvgIpc) is 2.32. The third kappa shape index (κ3) is 6.37. The summed E-state index contributed by atoms with van der Waals surface area (Å²) in [4.78, 5) is 3.83. The van der Waals surface area contributed by atoms with Crippen LogP contribution in [0.1, 0.15) is 51.5 Å². The highest BCUT2D eigenvalue weighted by Crippen LogP contribution is 2.06. The Morgan fingerprint density at radius 1 is 1.29 bits per heavy atom. The van der Waals surface area contributed by atoms with Crippen LogP contribution >= 0.6 is 0 Å². The number of hydrogen-bond acceptors (Lipinski definition) is 2. The fourth-order valence-corrected chi connectivity index (χ4v) is 1.82. The molecule has 1 unspecified atom stereocenters. The number of pyridine rings is 1. The Bertz CT molecular complexity index is 315. The summed E-state index contributed by atoms with van der Waals surface area (Å²) in [5, 5.41) is 3.40. The average molecular weight is 238 g/mol. The summed E-state index contributed by atoms with van der Waals surface area (Å²) in [6.45, 7) is 5.09. The van der Waals surface area contributed by atoms with E-state index >= 15 is 0 Å². The van der Waals surface area contributed by atoms with Crippen molar-refractivity contribution in [3.63, 3.8) is 0 Å². The van der Waals surface area contributed by atoms with Crippen LogP contribution in [0.15, 0.2) is 18.5 Å². The van der Waals surface area contributed by atoms with Gasteiger partial charge in [0.2, 0.25) is 0 Å². The third-order valence-electron chi connectivity index (χ3n) is 2.91. The van der Waals surface area contributed by atoms with E-state index in [4.69, 9.17) is 0 Å². The smallest absolute Gasteiger partial charge is 0.141 e. The molecule has 0 aliphatic carbocycles. The van der Waals surface area contributed by atoms with Gasteiger partial charge in [-0.3, -0.25) is 4.98 Å². The van der Waals surface area contributed by atoms with Crippen LogP contribution in [0, 0.1) is 5.82 Å². The van der Waals surface area contributed by atoms with E-state index in [1.807, 2.05) is 0 Å². The zero-order valence-corrected chi connectivity index (χ0v) is 10.9. The SMILES string of the molecule is CCCCCCC(C)NCc1cncc(F)c1. The minimum atomic E-state index is -0.264. The van der Waals surface area contributed by atoms with Gasteiger partial charge in [-0.2, -0.15) is 0 Å². The van der Waals surface area contributed by atoms with Crippen molar-refractivity contribution in [1.82, 2.24) is 10.3 Å². The summed E-state index contributed by atoms with van der Waals surface area (Å²) in [5.74, 6) is -0.264. The van der Waals surface area contributed by atoms with Crippen LogP contribution in [0.2, 0.25) is 0 Å². The van der Waals surface area contributed by atoms with Crippen molar-refractivity contribution in [3.8, 4) is 0 Å². The Labute approximate surface area is 104 Å².